The Kier molecular flexibility index (Phi) is 6.62. The largest absolute Gasteiger partial charge is 0.492 e. The molecule has 2 heterocycles. The number of pyridine rings is 1. The van der Waals surface area contributed by atoms with Crippen molar-refractivity contribution in [3.05, 3.63) is 83.8 Å². The van der Waals surface area contributed by atoms with Crippen molar-refractivity contribution >= 4 is 34.6 Å². The van der Waals surface area contributed by atoms with E-state index in [0.29, 0.717) is 41.8 Å². The lowest BCUT2D eigenvalue weighted by Crippen LogP contribution is -2.44. The van der Waals surface area contributed by atoms with E-state index in [4.69, 9.17) is 23.5 Å². The summed E-state index contributed by atoms with van der Waals surface area (Å²) in [7, 11) is 0. The summed E-state index contributed by atoms with van der Waals surface area (Å²) in [4.78, 5) is 24.7. The number of aromatic nitrogens is 1. The molecule has 0 N–H and O–H groups in total. The summed E-state index contributed by atoms with van der Waals surface area (Å²) in [6.45, 7) is 13.9. The number of nitrogens with zero attached hydrogens (tertiary/aromatic N) is 4. The lowest BCUT2D eigenvalue weighted by molar-refractivity contribution is -0.123. The molecule has 3 aromatic rings. The minimum atomic E-state index is -0.762. The molecule has 0 bridgehead atoms. The highest BCUT2D eigenvalue weighted by Gasteiger charge is 2.49. The average molecular weight is 471 g/mol. The summed E-state index contributed by atoms with van der Waals surface area (Å²) in [6, 6.07) is 19.2. The number of ether oxygens (including phenoxy) is 1. The van der Waals surface area contributed by atoms with Gasteiger partial charge in [-0.1, -0.05) is 36.4 Å². The van der Waals surface area contributed by atoms with Crippen molar-refractivity contribution in [2.24, 2.45) is 0 Å². The number of benzene rings is 2. The number of aryl methyl sites for hydroxylation is 1. The maximum atomic E-state index is 13.2. The zero-order chi connectivity index (χ0) is 24.3. The van der Waals surface area contributed by atoms with E-state index >= 15 is 0 Å². The van der Waals surface area contributed by atoms with E-state index in [1.165, 1.54) is 0 Å². The van der Waals surface area contributed by atoms with Crippen LogP contribution in [0.4, 0.5) is 11.4 Å². The van der Waals surface area contributed by atoms with Gasteiger partial charge in [0.2, 0.25) is 0 Å². The van der Waals surface area contributed by atoms with Crippen LogP contribution < -0.4 is 9.64 Å². The summed E-state index contributed by atoms with van der Waals surface area (Å²) in [5.41, 5.74) is 3.28. The topological polar surface area (TPSA) is 50.0 Å². The van der Waals surface area contributed by atoms with Gasteiger partial charge in [0.1, 0.15) is 11.3 Å². The SMILES string of the molecule is [C-]#[N+]c1ccc(N2C(=O)C(C)(C)N(CCCOc3ccc(-c4ccccc4)nc3)C2=S)cc1C. The number of carbonyl (C=O) groups excluding carboxylic acids is 1. The first-order valence-electron chi connectivity index (χ1n) is 11.1. The molecule has 0 atom stereocenters. The molecule has 1 aliphatic heterocycles. The van der Waals surface area contributed by atoms with Gasteiger partial charge < -0.3 is 9.64 Å². The molecule has 2 aromatic carbocycles. The van der Waals surface area contributed by atoms with Crippen LogP contribution in [0, 0.1) is 13.5 Å². The minimum absolute atomic E-state index is 0.0749. The fraction of sp³-hybridized carbons (Fsp3) is 0.259. The second kappa shape index (κ2) is 9.62. The Morgan fingerprint density at radius 2 is 1.88 bits per heavy atom. The van der Waals surface area contributed by atoms with Gasteiger partial charge in [0, 0.05) is 17.8 Å². The second-order valence-electron chi connectivity index (χ2n) is 8.66. The third-order valence-electron chi connectivity index (χ3n) is 5.98. The zero-order valence-corrected chi connectivity index (χ0v) is 20.3. The van der Waals surface area contributed by atoms with Crippen molar-refractivity contribution in [2.45, 2.75) is 32.7 Å². The van der Waals surface area contributed by atoms with E-state index in [0.717, 1.165) is 16.8 Å². The first-order valence-corrected chi connectivity index (χ1v) is 11.5. The number of amides is 1. The molecule has 172 valence electrons. The zero-order valence-electron chi connectivity index (χ0n) is 19.5. The quantitative estimate of drug-likeness (QED) is 0.249. The van der Waals surface area contributed by atoms with Crippen molar-refractivity contribution in [1.29, 1.82) is 0 Å². The van der Waals surface area contributed by atoms with Crippen molar-refractivity contribution < 1.29 is 9.53 Å². The van der Waals surface area contributed by atoms with Crippen LogP contribution in [0.15, 0.2) is 66.9 Å². The van der Waals surface area contributed by atoms with Gasteiger partial charge in [-0.05, 0) is 69.2 Å². The van der Waals surface area contributed by atoms with Crippen LogP contribution in [0.2, 0.25) is 0 Å². The number of hydrogen-bond acceptors (Lipinski definition) is 4. The molecule has 0 spiro atoms. The third kappa shape index (κ3) is 4.50. The summed E-state index contributed by atoms with van der Waals surface area (Å²) in [6.07, 6.45) is 2.42. The van der Waals surface area contributed by atoms with E-state index in [-0.39, 0.29) is 5.91 Å². The predicted molar refractivity (Wildman–Crippen MR) is 138 cm³/mol. The van der Waals surface area contributed by atoms with Crippen LogP contribution >= 0.6 is 12.2 Å². The van der Waals surface area contributed by atoms with Crippen molar-refractivity contribution in [3.63, 3.8) is 0 Å². The predicted octanol–water partition coefficient (Wildman–Crippen LogP) is 5.79. The molecule has 6 nitrogen and oxygen atoms in total. The molecule has 1 aliphatic rings. The Morgan fingerprint density at radius 3 is 2.53 bits per heavy atom. The molecule has 0 unspecified atom stereocenters. The van der Waals surface area contributed by atoms with Crippen molar-refractivity contribution in [3.8, 4) is 17.0 Å². The Bertz CT molecular complexity index is 1250. The molecule has 7 heteroatoms. The van der Waals surface area contributed by atoms with Gasteiger partial charge in [-0.2, -0.15) is 0 Å². The fourth-order valence-corrected chi connectivity index (χ4v) is 4.51. The summed E-state index contributed by atoms with van der Waals surface area (Å²) >= 11 is 5.70. The van der Waals surface area contributed by atoms with E-state index in [1.807, 2.05) is 74.2 Å². The maximum Gasteiger partial charge on any atom is 0.258 e. The van der Waals surface area contributed by atoms with Crippen molar-refractivity contribution in [1.82, 2.24) is 9.88 Å². The first kappa shape index (κ1) is 23.4. The fourth-order valence-electron chi connectivity index (χ4n) is 4.00. The molecule has 1 saturated heterocycles. The number of hydrogen-bond donors (Lipinski definition) is 0. The Hall–Kier alpha value is -3.76. The molecule has 4 rings (SSSR count). The lowest BCUT2D eigenvalue weighted by atomic mass is 10.0. The standard InChI is InChI=1S/C27H26N4O2S/c1-19-17-21(11-13-23(19)28-4)31-25(32)27(2,3)30(26(31)34)15-8-16-33-22-12-14-24(29-18-22)20-9-6-5-7-10-20/h5-7,9-14,17-18H,8,15-16H2,1-3H3. The minimum Gasteiger partial charge on any atom is -0.492 e. The normalized spacial score (nSPS) is 14.9. The molecule has 1 amide bonds. The molecule has 0 aliphatic carbocycles. The van der Waals surface area contributed by atoms with Gasteiger partial charge in [0.05, 0.1) is 25.1 Å². The maximum absolute atomic E-state index is 13.2. The van der Waals surface area contributed by atoms with E-state index in [1.54, 1.807) is 23.2 Å². The van der Waals surface area contributed by atoms with E-state index in [2.05, 4.69) is 9.83 Å². The molecular formula is C27H26N4O2S. The van der Waals surface area contributed by atoms with Gasteiger partial charge in [-0.3, -0.25) is 14.7 Å². The van der Waals surface area contributed by atoms with Crippen LogP contribution in [-0.4, -0.2) is 39.6 Å². The van der Waals surface area contributed by atoms with Gasteiger partial charge in [-0.25, -0.2) is 4.85 Å². The Morgan fingerprint density at radius 1 is 1.12 bits per heavy atom. The highest BCUT2D eigenvalue weighted by molar-refractivity contribution is 7.80. The summed E-state index contributed by atoms with van der Waals surface area (Å²) in [5.74, 6) is 0.630. The summed E-state index contributed by atoms with van der Waals surface area (Å²) < 4.78 is 5.88. The second-order valence-corrected chi connectivity index (χ2v) is 9.03. The lowest BCUT2D eigenvalue weighted by Gasteiger charge is -2.29. The molecule has 0 radical (unpaired) electrons. The van der Waals surface area contributed by atoms with Crippen LogP contribution in [0.25, 0.3) is 16.1 Å². The van der Waals surface area contributed by atoms with E-state index < -0.39 is 5.54 Å². The Balaban J connectivity index is 1.37. The highest BCUT2D eigenvalue weighted by Crippen LogP contribution is 2.34. The average Bonchev–Trinajstić information content (AvgIpc) is 3.01. The molecule has 1 aromatic heterocycles. The number of carbonyl (C=O) groups is 1. The van der Waals surface area contributed by atoms with Crippen LogP contribution in [-0.2, 0) is 4.79 Å². The monoisotopic (exact) mass is 470 g/mol. The molecule has 1 fully saturated rings. The molecule has 0 saturated carbocycles. The molecule has 34 heavy (non-hydrogen) atoms. The van der Waals surface area contributed by atoms with Crippen molar-refractivity contribution in [2.75, 3.05) is 18.1 Å². The van der Waals surface area contributed by atoms with Gasteiger partial charge >= 0.3 is 0 Å². The van der Waals surface area contributed by atoms with Gasteiger partial charge in [0.15, 0.2) is 10.8 Å². The van der Waals surface area contributed by atoms with Crippen LogP contribution in [0.1, 0.15) is 25.8 Å². The molecular weight excluding hydrogens is 444 g/mol. The smallest absolute Gasteiger partial charge is 0.258 e. The van der Waals surface area contributed by atoms with Crippen LogP contribution in [0.5, 0.6) is 5.75 Å². The van der Waals surface area contributed by atoms with Gasteiger partial charge in [0.25, 0.3) is 5.91 Å². The Labute approximate surface area is 205 Å². The number of anilines is 1. The third-order valence-corrected chi connectivity index (χ3v) is 6.39. The van der Waals surface area contributed by atoms with Gasteiger partial charge in [-0.15, -0.1) is 0 Å². The first-order chi connectivity index (χ1) is 16.3. The summed E-state index contributed by atoms with van der Waals surface area (Å²) in [5, 5.41) is 0.471. The van der Waals surface area contributed by atoms with E-state index in [9.17, 15) is 4.79 Å². The number of rotatable bonds is 7. The number of thiocarbonyl (C=S) groups is 1. The highest BCUT2D eigenvalue weighted by atomic mass is 32.1. The van der Waals surface area contributed by atoms with Crippen LogP contribution in [0.3, 0.4) is 0 Å².